The Bertz CT molecular complexity index is 424. The molecule has 4 nitrogen and oxygen atoms in total. The van der Waals surface area contributed by atoms with Crippen LogP contribution in [0.3, 0.4) is 0 Å². The van der Waals surface area contributed by atoms with Crippen LogP contribution in [0.4, 0.5) is 5.69 Å². The van der Waals surface area contributed by atoms with Gasteiger partial charge in [0.2, 0.25) is 0 Å². The quantitative estimate of drug-likeness (QED) is 0.897. The van der Waals surface area contributed by atoms with Gasteiger partial charge in [0.25, 0.3) is 0 Å². The number of anilines is 1. The van der Waals surface area contributed by atoms with E-state index in [1.165, 1.54) is 6.42 Å². The molecule has 2 heterocycles. The predicted octanol–water partition coefficient (Wildman–Crippen LogP) is 1.83. The first-order valence-electron chi connectivity index (χ1n) is 7.06. The molecular weight excluding hydrogens is 240 g/mol. The first-order valence-corrected chi connectivity index (χ1v) is 7.06. The number of para-hydroxylation sites is 2. The summed E-state index contributed by atoms with van der Waals surface area (Å²) in [6, 6.07) is 8.15. The van der Waals surface area contributed by atoms with Crippen molar-refractivity contribution in [3.8, 4) is 5.75 Å². The molecule has 0 radical (unpaired) electrons. The molecule has 2 aliphatic rings. The second kappa shape index (κ2) is 5.80. The lowest BCUT2D eigenvalue weighted by molar-refractivity contribution is 0.132. The van der Waals surface area contributed by atoms with E-state index in [1.54, 1.807) is 7.11 Å². The Labute approximate surface area is 114 Å². The van der Waals surface area contributed by atoms with Crippen LogP contribution in [0.5, 0.6) is 5.75 Å². The summed E-state index contributed by atoms with van der Waals surface area (Å²) in [6.07, 6.45) is 1.49. The molecule has 1 fully saturated rings. The highest BCUT2D eigenvalue weighted by Crippen LogP contribution is 2.28. The number of rotatable bonds is 4. The minimum atomic E-state index is 0.246. The average molecular weight is 262 g/mol. The standard InChI is InChI=1S/C15H22N2O2/c1-18-11-12-6-7-17(9-12)10-13-8-16-14-4-2-3-5-15(14)19-13/h2-5,12-13,16H,6-11H2,1H3. The molecule has 1 aromatic carbocycles. The van der Waals surface area contributed by atoms with Crippen molar-refractivity contribution in [1.82, 2.24) is 4.90 Å². The Morgan fingerprint density at radius 2 is 2.32 bits per heavy atom. The van der Waals surface area contributed by atoms with Gasteiger partial charge in [-0.25, -0.2) is 0 Å². The lowest BCUT2D eigenvalue weighted by atomic mass is 10.1. The summed E-state index contributed by atoms with van der Waals surface area (Å²) in [6.45, 7) is 5.07. The van der Waals surface area contributed by atoms with Crippen LogP contribution in [0.2, 0.25) is 0 Å². The maximum absolute atomic E-state index is 6.05. The summed E-state index contributed by atoms with van der Waals surface area (Å²) in [7, 11) is 1.79. The number of benzene rings is 1. The van der Waals surface area contributed by atoms with Crippen molar-refractivity contribution in [1.29, 1.82) is 0 Å². The first kappa shape index (κ1) is 12.8. The molecule has 1 saturated heterocycles. The number of fused-ring (bicyclic) bond motifs is 1. The molecule has 0 aromatic heterocycles. The summed E-state index contributed by atoms with van der Waals surface area (Å²) in [5.41, 5.74) is 1.11. The van der Waals surface area contributed by atoms with E-state index in [4.69, 9.17) is 9.47 Å². The van der Waals surface area contributed by atoms with E-state index in [9.17, 15) is 0 Å². The summed E-state index contributed by atoms with van der Waals surface area (Å²) < 4.78 is 11.3. The second-order valence-electron chi connectivity index (χ2n) is 5.49. The minimum absolute atomic E-state index is 0.246. The molecular formula is C15H22N2O2. The first-order chi connectivity index (χ1) is 9.35. The van der Waals surface area contributed by atoms with Crippen LogP contribution in [0, 0.1) is 5.92 Å². The number of ether oxygens (including phenoxy) is 2. The van der Waals surface area contributed by atoms with Crippen LogP contribution in [-0.4, -0.2) is 50.9 Å². The van der Waals surface area contributed by atoms with E-state index in [1.807, 2.05) is 18.2 Å². The van der Waals surface area contributed by atoms with E-state index in [0.29, 0.717) is 5.92 Å². The van der Waals surface area contributed by atoms with Gasteiger partial charge in [-0.2, -0.15) is 0 Å². The molecule has 1 aromatic rings. The topological polar surface area (TPSA) is 33.7 Å². The van der Waals surface area contributed by atoms with Crippen LogP contribution in [0.15, 0.2) is 24.3 Å². The average Bonchev–Trinajstić information content (AvgIpc) is 2.86. The van der Waals surface area contributed by atoms with E-state index in [0.717, 1.165) is 44.2 Å². The van der Waals surface area contributed by atoms with E-state index < -0.39 is 0 Å². The van der Waals surface area contributed by atoms with Gasteiger partial charge in [0, 0.05) is 20.2 Å². The molecule has 0 bridgehead atoms. The molecule has 2 aliphatic heterocycles. The van der Waals surface area contributed by atoms with Gasteiger partial charge < -0.3 is 14.8 Å². The van der Waals surface area contributed by atoms with Crippen LogP contribution in [-0.2, 0) is 4.74 Å². The fourth-order valence-electron chi connectivity index (χ4n) is 3.00. The molecule has 0 aliphatic carbocycles. The van der Waals surface area contributed by atoms with E-state index in [2.05, 4.69) is 16.3 Å². The molecule has 0 spiro atoms. The largest absolute Gasteiger partial charge is 0.485 e. The monoisotopic (exact) mass is 262 g/mol. The number of methoxy groups -OCH3 is 1. The Kier molecular flexibility index (Phi) is 3.89. The Balaban J connectivity index is 1.53. The highest BCUT2D eigenvalue weighted by molar-refractivity contribution is 5.57. The number of hydrogen-bond donors (Lipinski definition) is 1. The maximum Gasteiger partial charge on any atom is 0.142 e. The lowest BCUT2D eigenvalue weighted by Crippen LogP contribution is -2.41. The predicted molar refractivity (Wildman–Crippen MR) is 75.8 cm³/mol. The van der Waals surface area contributed by atoms with Gasteiger partial charge in [0.1, 0.15) is 11.9 Å². The summed E-state index contributed by atoms with van der Waals surface area (Å²) in [4.78, 5) is 2.49. The van der Waals surface area contributed by atoms with Crippen LogP contribution >= 0.6 is 0 Å². The van der Waals surface area contributed by atoms with Crippen molar-refractivity contribution in [3.05, 3.63) is 24.3 Å². The third-order valence-corrected chi connectivity index (χ3v) is 3.94. The third kappa shape index (κ3) is 3.01. The summed E-state index contributed by atoms with van der Waals surface area (Å²) in [5.74, 6) is 1.67. The Morgan fingerprint density at radius 1 is 1.42 bits per heavy atom. The van der Waals surface area contributed by atoms with Crippen LogP contribution in [0.25, 0.3) is 0 Å². The Hall–Kier alpha value is -1.26. The zero-order valence-corrected chi connectivity index (χ0v) is 11.5. The molecule has 19 heavy (non-hydrogen) atoms. The van der Waals surface area contributed by atoms with Crippen LogP contribution < -0.4 is 10.1 Å². The van der Waals surface area contributed by atoms with Gasteiger partial charge in [-0.3, -0.25) is 4.90 Å². The van der Waals surface area contributed by atoms with Crippen molar-refractivity contribution in [2.75, 3.05) is 45.2 Å². The van der Waals surface area contributed by atoms with Gasteiger partial charge >= 0.3 is 0 Å². The summed E-state index contributed by atoms with van der Waals surface area (Å²) in [5, 5.41) is 3.45. The van der Waals surface area contributed by atoms with Crippen molar-refractivity contribution >= 4 is 5.69 Å². The fraction of sp³-hybridized carbons (Fsp3) is 0.600. The Morgan fingerprint density at radius 3 is 3.21 bits per heavy atom. The molecule has 1 N–H and O–H groups in total. The van der Waals surface area contributed by atoms with E-state index >= 15 is 0 Å². The van der Waals surface area contributed by atoms with Crippen molar-refractivity contribution in [2.24, 2.45) is 5.92 Å². The van der Waals surface area contributed by atoms with Gasteiger partial charge in [0.05, 0.1) is 18.8 Å². The highest BCUT2D eigenvalue weighted by atomic mass is 16.5. The zero-order chi connectivity index (χ0) is 13.1. The molecule has 0 saturated carbocycles. The maximum atomic E-state index is 6.05. The molecule has 3 rings (SSSR count). The fourth-order valence-corrected chi connectivity index (χ4v) is 3.00. The van der Waals surface area contributed by atoms with E-state index in [-0.39, 0.29) is 6.10 Å². The smallest absolute Gasteiger partial charge is 0.142 e. The molecule has 2 unspecified atom stereocenters. The molecule has 2 atom stereocenters. The highest BCUT2D eigenvalue weighted by Gasteiger charge is 2.27. The van der Waals surface area contributed by atoms with Gasteiger partial charge in [-0.15, -0.1) is 0 Å². The van der Waals surface area contributed by atoms with Crippen molar-refractivity contribution in [3.63, 3.8) is 0 Å². The normalized spacial score (nSPS) is 26.6. The second-order valence-corrected chi connectivity index (χ2v) is 5.49. The number of likely N-dealkylation sites (tertiary alicyclic amines) is 1. The van der Waals surface area contributed by atoms with Crippen molar-refractivity contribution in [2.45, 2.75) is 12.5 Å². The number of nitrogens with one attached hydrogen (secondary N) is 1. The van der Waals surface area contributed by atoms with Crippen molar-refractivity contribution < 1.29 is 9.47 Å². The molecule has 104 valence electrons. The zero-order valence-electron chi connectivity index (χ0n) is 11.5. The van der Waals surface area contributed by atoms with Crippen LogP contribution in [0.1, 0.15) is 6.42 Å². The SMILES string of the molecule is COCC1CCN(CC2CNc3ccccc3O2)C1. The van der Waals surface area contributed by atoms with Gasteiger partial charge in [-0.05, 0) is 31.0 Å². The number of nitrogens with zero attached hydrogens (tertiary/aromatic N) is 1. The summed E-state index contributed by atoms with van der Waals surface area (Å²) >= 11 is 0. The molecule has 0 amide bonds. The van der Waals surface area contributed by atoms with Gasteiger partial charge in [-0.1, -0.05) is 12.1 Å². The number of hydrogen-bond acceptors (Lipinski definition) is 4. The molecule has 4 heteroatoms. The lowest BCUT2D eigenvalue weighted by Gasteiger charge is -2.30. The third-order valence-electron chi connectivity index (χ3n) is 3.94. The van der Waals surface area contributed by atoms with Gasteiger partial charge in [0.15, 0.2) is 0 Å². The minimum Gasteiger partial charge on any atom is -0.485 e.